The molecule has 2 aromatic rings. The average molecular weight is 345 g/mol. The van der Waals surface area contributed by atoms with E-state index in [0.29, 0.717) is 5.56 Å². The summed E-state index contributed by atoms with van der Waals surface area (Å²) in [4.78, 5) is 0.857. The van der Waals surface area contributed by atoms with E-state index in [1.54, 1.807) is 6.07 Å². The number of aryl methyl sites for hydroxylation is 1. The van der Waals surface area contributed by atoms with Crippen LogP contribution in [0.25, 0.3) is 0 Å². The first-order valence-corrected chi connectivity index (χ1v) is 7.28. The topological polar surface area (TPSA) is 84.4 Å². The van der Waals surface area contributed by atoms with E-state index in [-0.39, 0.29) is 5.84 Å². The predicted octanol–water partition coefficient (Wildman–Crippen LogP) is 2.85. The van der Waals surface area contributed by atoms with Crippen molar-refractivity contribution in [3.05, 3.63) is 33.2 Å². The lowest BCUT2D eigenvalue weighted by molar-refractivity contribution is 0.318. The lowest BCUT2D eigenvalue weighted by atomic mass is 10.2. The van der Waals surface area contributed by atoms with E-state index in [4.69, 9.17) is 10.9 Å². The summed E-state index contributed by atoms with van der Waals surface area (Å²) < 4.78 is 1.73. The van der Waals surface area contributed by atoms with Gasteiger partial charge in [0.1, 0.15) is 5.01 Å². The maximum atomic E-state index is 8.77. The van der Waals surface area contributed by atoms with Crippen LogP contribution in [-0.4, -0.2) is 21.2 Å². The Labute approximate surface area is 120 Å². The molecule has 18 heavy (non-hydrogen) atoms. The van der Waals surface area contributed by atoms with Gasteiger partial charge in [-0.25, -0.2) is 0 Å². The Morgan fingerprint density at radius 1 is 1.50 bits per heavy atom. The van der Waals surface area contributed by atoms with E-state index < -0.39 is 0 Å². The molecule has 0 radical (unpaired) electrons. The molecule has 0 aliphatic carbocycles. The summed E-state index contributed by atoms with van der Waals surface area (Å²) in [5, 5.41) is 20.7. The second-order valence-corrected chi connectivity index (χ2v) is 6.70. The highest BCUT2D eigenvalue weighted by atomic mass is 79.9. The Hall–Kier alpha value is -1.12. The SMILES string of the molecule is Cc1nnc(Sc2cc(Br)ccc2/C(N)=N/O)s1. The highest BCUT2D eigenvalue weighted by Gasteiger charge is 2.11. The number of hydrogen-bond acceptors (Lipinski definition) is 6. The summed E-state index contributed by atoms with van der Waals surface area (Å²) in [6.07, 6.45) is 0. The van der Waals surface area contributed by atoms with Crippen molar-refractivity contribution in [1.29, 1.82) is 0 Å². The van der Waals surface area contributed by atoms with Gasteiger partial charge in [0.15, 0.2) is 10.2 Å². The van der Waals surface area contributed by atoms with Crippen molar-refractivity contribution in [2.75, 3.05) is 0 Å². The van der Waals surface area contributed by atoms with Gasteiger partial charge in [-0.3, -0.25) is 0 Å². The van der Waals surface area contributed by atoms with Crippen LogP contribution in [-0.2, 0) is 0 Å². The molecule has 0 amide bonds. The molecule has 0 saturated heterocycles. The van der Waals surface area contributed by atoms with Crippen molar-refractivity contribution in [2.45, 2.75) is 16.2 Å². The highest BCUT2D eigenvalue weighted by molar-refractivity contribution is 9.10. The second-order valence-electron chi connectivity index (χ2n) is 3.31. The summed E-state index contributed by atoms with van der Waals surface area (Å²) >= 11 is 6.33. The third kappa shape index (κ3) is 3.01. The first kappa shape index (κ1) is 13.3. The fraction of sp³-hybridized carbons (Fsp3) is 0.100. The Bertz CT molecular complexity index is 599. The zero-order valence-electron chi connectivity index (χ0n) is 9.29. The normalized spacial score (nSPS) is 11.8. The van der Waals surface area contributed by atoms with Crippen molar-refractivity contribution >= 4 is 44.9 Å². The van der Waals surface area contributed by atoms with Gasteiger partial charge in [-0.1, -0.05) is 44.2 Å². The molecule has 3 N–H and O–H groups in total. The van der Waals surface area contributed by atoms with Gasteiger partial charge in [0.2, 0.25) is 0 Å². The number of aromatic nitrogens is 2. The molecule has 0 fully saturated rings. The van der Waals surface area contributed by atoms with E-state index in [1.807, 2.05) is 19.1 Å². The summed E-state index contributed by atoms with van der Waals surface area (Å²) in [7, 11) is 0. The van der Waals surface area contributed by atoms with Crippen molar-refractivity contribution in [3.8, 4) is 0 Å². The van der Waals surface area contributed by atoms with Gasteiger partial charge >= 0.3 is 0 Å². The zero-order valence-corrected chi connectivity index (χ0v) is 12.5. The van der Waals surface area contributed by atoms with E-state index in [1.165, 1.54) is 23.1 Å². The van der Waals surface area contributed by atoms with Crippen molar-refractivity contribution < 1.29 is 5.21 Å². The fourth-order valence-corrected chi connectivity index (χ4v) is 3.72. The van der Waals surface area contributed by atoms with Crippen molar-refractivity contribution in [3.63, 3.8) is 0 Å². The molecule has 1 aromatic heterocycles. The smallest absolute Gasteiger partial charge is 0.179 e. The van der Waals surface area contributed by atoms with Gasteiger partial charge in [0.05, 0.1) is 0 Å². The lowest BCUT2D eigenvalue weighted by Gasteiger charge is -2.06. The minimum Gasteiger partial charge on any atom is -0.409 e. The van der Waals surface area contributed by atoms with Gasteiger partial charge < -0.3 is 10.9 Å². The maximum absolute atomic E-state index is 8.77. The van der Waals surface area contributed by atoms with Crippen LogP contribution >= 0.6 is 39.0 Å². The average Bonchev–Trinajstić information content (AvgIpc) is 2.74. The summed E-state index contributed by atoms with van der Waals surface area (Å²) in [6.45, 7) is 1.90. The number of amidine groups is 1. The Morgan fingerprint density at radius 2 is 2.28 bits per heavy atom. The summed E-state index contributed by atoms with van der Waals surface area (Å²) in [6, 6.07) is 5.52. The van der Waals surface area contributed by atoms with Crippen LogP contribution in [0.5, 0.6) is 0 Å². The Morgan fingerprint density at radius 3 is 2.89 bits per heavy atom. The van der Waals surface area contributed by atoms with Gasteiger partial charge in [0, 0.05) is 14.9 Å². The van der Waals surface area contributed by atoms with Crippen molar-refractivity contribution in [2.24, 2.45) is 10.9 Å². The van der Waals surface area contributed by atoms with Crippen LogP contribution in [0.4, 0.5) is 0 Å². The number of nitrogens with zero attached hydrogens (tertiary/aromatic N) is 3. The van der Waals surface area contributed by atoms with Crippen LogP contribution in [0, 0.1) is 6.92 Å². The Kier molecular flexibility index (Phi) is 4.20. The molecular weight excluding hydrogens is 336 g/mol. The molecule has 0 saturated carbocycles. The molecule has 8 heteroatoms. The third-order valence-corrected chi connectivity index (χ3v) is 4.47. The molecule has 0 aliphatic rings. The minimum absolute atomic E-state index is 0.0752. The minimum atomic E-state index is 0.0752. The third-order valence-electron chi connectivity index (χ3n) is 2.03. The van der Waals surface area contributed by atoms with E-state index in [9.17, 15) is 0 Å². The zero-order chi connectivity index (χ0) is 13.1. The van der Waals surface area contributed by atoms with Crippen LogP contribution < -0.4 is 5.73 Å². The molecule has 0 bridgehead atoms. The molecule has 1 aromatic carbocycles. The van der Waals surface area contributed by atoms with Gasteiger partial charge in [-0.15, -0.1) is 10.2 Å². The summed E-state index contributed by atoms with van der Waals surface area (Å²) in [5.74, 6) is 0.0752. The molecule has 0 unspecified atom stereocenters. The highest BCUT2D eigenvalue weighted by Crippen LogP contribution is 2.34. The fourth-order valence-electron chi connectivity index (χ4n) is 1.26. The van der Waals surface area contributed by atoms with Gasteiger partial charge in [-0.05, 0) is 25.1 Å². The summed E-state index contributed by atoms with van der Waals surface area (Å²) in [5.41, 5.74) is 6.31. The second kappa shape index (κ2) is 5.68. The number of rotatable bonds is 3. The number of benzene rings is 1. The Balaban J connectivity index is 2.39. The maximum Gasteiger partial charge on any atom is 0.179 e. The molecule has 2 rings (SSSR count). The number of nitrogens with two attached hydrogens (primary N) is 1. The molecule has 0 atom stereocenters. The van der Waals surface area contributed by atoms with Gasteiger partial charge in [-0.2, -0.15) is 0 Å². The van der Waals surface area contributed by atoms with Crippen LogP contribution in [0.1, 0.15) is 10.6 Å². The first-order valence-electron chi connectivity index (χ1n) is 4.85. The molecule has 0 aliphatic heterocycles. The van der Waals surface area contributed by atoms with Crippen LogP contribution in [0.2, 0.25) is 0 Å². The molecule has 5 nitrogen and oxygen atoms in total. The monoisotopic (exact) mass is 344 g/mol. The standard InChI is InChI=1S/C10H9BrN4OS2/c1-5-13-14-10(17-5)18-8-4-6(11)2-3-7(8)9(12)15-16/h2-4,16H,1H3,(H2,12,15). The van der Waals surface area contributed by atoms with E-state index in [0.717, 1.165) is 18.7 Å². The number of hydrogen-bond donors (Lipinski definition) is 2. The van der Waals surface area contributed by atoms with E-state index in [2.05, 4.69) is 31.3 Å². The molecule has 0 spiro atoms. The first-order chi connectivity index (χ1) is 8.60. The van der Waals surface area contributed by atoms with E-state index >= 15 is 0 Å². The van der Waals surface area contributed by atoms with Gasteiger partial charge in [0.25, 0.3) is 0 Å². The molecule has 94 valence electrons. The van der Waals surface area contributed by atoms with Crippen LogP contribution in [0.15, 0.2) is 37.1 Å². The quantitative estimate of drug-likeness (QED) is 0.387. The van der Waals surface area contributed by atoms with Crippen molar-refractivity contribution in [1.82, 2.24) is 10.2 Å². The largest absolute Gasteiger partial charge is 0.409 e. The van der Waals surface area contributed by atoms with Crippen LogP contribution in [0.3, 0.4) is 0 Å². The lowest BCUT2D eigenvalue weighted by Crippen LogP contribution is -2.14. The predicted molar refractivity (Wildman–Crippen MR) is 75.4 cm³/mol. The number of oxime groups is 1. The molecule has 1 heterocycles. The number of halogens is 1. The molecular formula is C10H9BrN4OS2.